The van der Waals surface area contributed by atoms with E-state index in [2.05, 4.69) is 15.6 Å². The topological polar surface area (TPSA) is 118 Å². The Hall–Kier alpha value is -3.27. The van der Waals surface area contributed by atoms with E-state index >= 15 is 0 Å². The summed E-state index contributed by atoms with van der Waals surface area (Å²) in [5.41, 5.74) is 4.29. The summed E-state index contributed by atoms with van der Waals surface area (Å²) in [5, 5.41) is 14.9. The van der Waals surface area contributed by atoms with Crippen LogP contribution in [0.1, 0.15) is 17.0 Å². The number of anilines is 1. The molecular formula is C25H21Cl2N3O5S. The van der Waals surface area contributed by atoms with Crippen LogP contribution in [-0.4, -0.2) is 52.2 Å². The number of nitrogens with zero attached hydrogens (tertiary/aromatic N) is 1. The molecule has 3 N–H and O–H groups in total. The van der Waals surface area contributed by atoms with Crippen LogP contribution in [0.5, 0.6) is 0 Å². The summed E-state index contributed by atoms with van der Waals surface area (Å²) in [7, 11) is 0. The summed E-state index contributed by atoms with van der Waals surface area (Å²) in [4.78, 5) is 40.2. The molecule has 0 aliphatic heterocycles. The van der Waals surface area contributed by atoms with E-state index in [4.69, 9.17) is 27.9 Å². The average molecular weight is 546 g/mol. The first-order chi connectivity index (χ1) is 17.3. The van der Waals surface area contributed by atoms with Crippen molar-refractivity contribution in [2.75, 3.05) is 23.4 Å². The number of benzene rings is 2. The third-order valence-electron chi connectivity index (χ3n) is 5.52. The van der Waals surface area contributed by atoms with Crippen LogP contribution in [0.2, 0.25) is 10.0 Å². The van der Waals surface area contributed by atoms with E-state index in [9.17, 15) is 19.5 Å². The van der Waals surface area contributed by atoms with Crippen LogP contribution in [0.25, 0.3) is 11.1 Å². The molecule has 4 rings (SSSR count). The number of carbonyl (C=O) groups is 3. The van der Waals surface area contributed by atoms with Crippen molar-refractivity contribution >= 4 is 58.8 Å². The number of fused-ring (bicyclic) bond motifs is 3. The number of halogens is 2. The minimum atomic E-state index is -1.24. The molecule has 36 heavy (non-hydrogen) atoms. The fourth-order valence-electron chi connectivity index (χ4n) is 3.90. The lowest BCUT2D eigenvalue weighted by Crippen LogP contribution is -2.43. The second-order valence-corrected chi connectivity index (χ2v) is 9.78. The smallest absolute Gasteiger partial charge is 0.407 e. The average Bonchev–Trinajstić information content (AvgIpc) is 3.17. The summed E-state index contributed by atoms with van der Waals surface area (Å²) in [5.74, 6) is -1.78. The number of thioether (sulfide) groups is 1. The molecule has 1 aromatic heterocycles. The zero-order chi connectivity index (χ0) is 25.7. The van der Waals surface area contributed by atoms with Crippen molar-refractivity contribution < 1.29 is 24.2 Å². The first kappa shape index (κ1) is 25.8. The number of rotatable bonds is 9. The maximum absolute atomic E-state index is 12.4. The Kier molecular flexibility index (Phi) is 8.35. The van der Waals surface area contributed by atoms with Gasteiger partial charge in [-0.2, -0.15) is 0 Å². The molecular weight excluding hydrogens is 525 g/mol. The van der Waals surface area contributed by atoms with Crippen LogP contribution in [-0.2, 0) is 14.3 Å². The molecule has 0 saturated carbocycles. The van der Waals surface area contributed by atoms with Crippen LogP contribution in [0.15, 0.2) is 60.8 Å². The lowest BCUT2D eigenvalue weighted by molar-refractivity contribution is -0.138. The predicted molar refractivity (Wildman–Crippen MR) is 140 cm³/mol. The maximum atomic E-state index is 12.4. The van der Waals surface area contributed by atoms with Gasteiger partial charge in [0.25, 0.3) is 0 Å². The molecule has 0 saturated heterocycles. The number of hydrogen-bond donors (Lipinski definition) is 3. The van der Waals surface area contributed by atoms with E-state index in [1.807, 2.05) is 48.5 Å². The summed E-state index contributed by atoms with van der Waals surface area (Å²) >= 11 is 12.8. The number of ether oxygens (including phenoxy) is 1. The number of carboxylic acids is 1. The van der Waals surface area contributed by atoms with Gasteiger partial charge in [-0.25, -0.2) is 14.6 Å². The molecule has 0 spiro atoms. The van der Waals surface area contributed by atoms with Gasteiger partial charge in [-0.1, -0.05) is 71.7 Å². The monoisotopic (exact) mass is 545 g/mol. The Morgan fingerprint density at radius 3 is 2.31 bits per heavy atom. The molecule has 1 aliphatic rings. The minimum Gasteiger partial charge on any atom is -0.480 e. The van der Waals surface area contributed by atoms with Crippen molar-refractivity contribution in [1.29, 1.82) is 0 Å². The fourth-order valence-corrected chi connectivity index (χ4v) is 5.17. The quantitative estimate of drug-likeness (QED) is 0.344. The predicted octanol–water partition coefficient (Wildman–Crippen LogP) is 5.05. The second kappa shape index (κ2) is 11.6. The van der Waals surface area contributed by atoms with Gasteiger partial charge in [0.15, 0.2) is 5.82 Å². The summed E-state index contributed by atoms with van der Waals surface area (Å²) in [6, 6.07) is 16.0. The number of carbonyl (C=O) groups excluding carboxylic acids is 2. The molecule has 3 aromatic rings. The normalized spacial score (nSPS) is 12.8. The lowest BCUT2D eigenvalue weighted by Gasteiger charge is -2.17. The van der Waals surface area contributed by atoms with E-state index < -0.39 is 24.0 Å². The largest absolute Gasteiger partial charge is 0.480 e. The van der Waals surface area contributed by atoms with Gasteiger partial charge in [0.05, 0.1) is 15.8 Å². The number of aromatic nitrogens is 1. The van der Waals surface area contributed by atoms with Crippen LogP contribution in [0.3, 0.4) is 0 Å². The highest BCUT2D eigenvalue weighted by molar-refractivity contribution is 8.00. The molecule has 186 valence electrons. The Labute approximate surface area is 221 Å². The van der Waals surface area contributed by atoms with Crippen LogP contribution in [0.4, 0.5) is 10.6 Å². The number of aliphatic carboxylic acids is 1. The molecule has 0 fully saturated rings. The van der Waals surface area contributed by atoms with Gasteiger partial charge in [-0.05, 0) is 28.3 Å². The number of amides is 2. The number of pyridine rings is 1. The highest BCUT2D eigenvalue weighted by Crippen LogP contribution is 2.44. The van der Waals surface area contributed by atoms with Gasteiger partial charge >= 0.3 is 12.1 Å². The van der Waals surface area contributed by atoms with Crippen molar-refractivity contribution in [2.24, 2.45) is 0 Å². The van der Waals surface area contributed by atoms with E-state index in [0.717, 1.165) is 34.0 Å². The Morgan fingerprint density at radius 1 is 1.06 bits per heavy atom. The van der Waals surface area contributed by atoms with Gasteiger partial charge < -0.3 is 20.5 Å². The minimum absolute atomic E-state index is 0.0469. The summed E-state index contributed by atoms with van der Waals surface area (Å²) in [6.07, 6.45) is 0.501. The lowest BCUT2D eigenvalue weighted by atomic mass is 9.98. The third-order valence-corrected chi connectivity index (χ3v) is 7.05. The Bertz CT molecular complexity index is 1260. The fraction of sp³-hybridized carbons (Fsp3) is 0.200. The second-order valence-electron chi connectivity index (χ2n) is 7.91. The standard InChI is InChI=1S/C25H21Cl2N3O5S/c26-14-9-20(27)23(28-10-14)30-22(31)13-36-12-21(24(32)33)29-25(34)35-11-19-17-7-3-1-5-15(17)16-6-2-4-8-18(16)19/h1-10,19,21H,11-13H2,(H,29,34)(H,32,33)(H,28,30,31). The number of carboxylic acid groups (broad SMARTS) is 1. The van der Waals surface area contributed by atoms with Crippen molar-refractivity contribution in [2.45, 2.75) is 12.0 Å². The number of hydrogen-bond acceptors (Lipinski definition) is 6. The molecule has 2 aromatic carbocycles. The molecule has 1 atom stereocenters. The molecule has 1 unspecified atom stereocenters. The Balaban J connectivity index is 1.28. The van der Waals surface area contributed by atoms with Crippen molar-refractivity contribution in [1.82, 2.24) is 10.3 Å². The van der Waals surface area contributed by atoms with E-state index in [0.29, 0.717) is 5.02 Å². The summed E-state index contributed by atoms with van der Waals surface area (Å²) in [6.45, 7) is 0.0661. The van der Waals surface area contributed by atoms with Gasteiger partial charge in [0.1, 0.15) is 12.6 Å². The molecule has 2 amide bonds. The third kappa shape index (κ3) is 6.10. The SMILES string of the molecule is O=C(CSCC(NC(=O)OCC1c2ccccc2-c2ccccc21)C(=O)O)Nc1ncc(Cl)cc1Cl. The van der Waals surface area contributed by atoms with E-state index in [1.54, 1.807) is 0 Å². The van der Waals surface area contributed by atoms with Gasteiger partial charge in [0.2, 0.25) is 5.91 Å². The highest BCUT2D eigenvalue weighted by atomic mass is 35.5. The van der Waals surface area contributed by atoms with Gasteiger partial charge in [-0.3, -0.25) is 4.79 Å². The van der Waals surface area contributed by atoms with Crippen molar-refractivity contribution in [3.05, 3.63) is 82.0 Å². The zero-order valence-corrected chi connectivity index (χ0v) is 21.1. The molecule has 0 bridgehead atoms. The van der Waals surface area contributed by atoms with E-state index in [-0.39, 0.29) is 34.9 Å². The molecule has 8 nitrogen and oxygen atoms in total. The van der Waals surface area contributed by atoms with Gasteiger partial charge in [-0.15, -0.1) is 11.8 Å². The number of nitrogens with one attached hydrogen (secondary N) is 2. The van der Waals surface area contributed by atoms with Crippen LogP contribution < -0.4 is 10.6 Å². The van der Waals surface area contributed by atoms with Gasteiger partial charge in [0, 0.05) is 17.9 Å². The molecule has 1 heterocycles. The molecule has 1 aliphatic carbocycles. The Morgan fingerprint density at radius 2 is 1.69 bits per heavy atom. The first-order valence-electron chi connectivity index (χ1n) is 10.9. The van der Waals surface area contributed by atoms with Crippen LogP contribution >= 0.6 is 35.0 Å². The highest BCUT2D eigenvalue weighted by Gasteiger charge is 2.29. The summed E-state index contributed by atoms with van der Waals surface area (Å²) < 4.78 is 5.41. The van der Waals surface area contributed by atoms with Crippen molar-refractivity contribution in [3.63, 3.8) is 0 Å². The first-order valence-corrected chi connectivity index (χ1v) is 12.8. The van der Waals surface area contributed by atoms with Crippen LogP contribution in [0, 0.1) is 0 Å². The molecule has 11 heteroatoms. The van der Waals surface area contributed by atoms with E-state index in [1.165, 1.54) is 12.3 Å². The zero-order valence-electron chi connectivity index (χ0n) is 18.7. The number of alkyl carbamates (subject to hydrolysis) is 1. The maximum Gasteiger partial charge on any atom is 0.407 e. The van der Waals surface area contributed by atoms with Crippen molar-refractivity contribution in [3.8, 4) is 11.1 Å². The molecule has 0 radical (unpaired) electrons.